The molecule has 17 heavy (non-hydrogen) atoms. The first-order valence-corrected chi connectivity index (χ1v) is 7.72. The van der Waals surface area contributed by atoms with Crippen LogP contribution in [-0.2, 0) is 9.84 Å². The smallest absolute Gasteiger partial charge is 0.182 e. The number of nitrogens with one attached hydrogen (secondary N) is 1. The quantitative estimate of drug-likeness (QED) is 0.911. The molecule has 1 fully saturated rings. The van der Waals surface area contributed by atoms with Crippen LogP contribution < -0.4 is 5.32 Å². The molecule has 0 amide bonds. The van der Waals surface area contributed by atoms with Gasteiger partial charge in [0.25, 0.3) is 0 Å². The molecule has 1 heterocycles. The topological polar surface area (TPSA) is 46.2 Å². The first-order valence-electron chi connectivity index (χ1n) is 5.41. The minimum atomic E-state index is -3.37. The largest absolute Gasteiger partial charge is 0.317 e. The van der Waals surface area contributed by atoms with Gasteiger partial charge in [0.15, 0.2) is 9.84 Å². The Hall–Kier alpha value is -0.290. The number of halogens is 2. The van der Waals surface area contributed by atoms with Gasteiger partial charge in [0, 0.05) is 5.02 Å². The van der Waals surface area contributed by atoms with Crippen LogP contribution >= 0.6 is 23.2 Å². The van der Waals surface area contributed by atoms with E-state index in [1.807, 2.05) is 0 Å². The van der Waals surface area contributed by atoms with Crippen LogP contribution in [0.4, 0.5) is 0 Å². The molecule has 0 atom stereocenters. The molecule has 1 saturated heterocycles. The lowest BCUT2D eigenvalue weighted by Gasteiger charge is -2.23. The van der Waals surface area contributed by atoms with Crippen LogP contribution in [0.25, 0.3) is 0 Å². The van der Waals surface area contributed by atoms with Gasteiger partial charge < -0.3 is 5.32 Å². The van der Waals surface area contributed by atoms with Gasteiger partial charge in [-0.05, 0) is 44.1 Å². The molecule has 6 heteroatoms. The van der Waals surface area contributed by atoms with Crippen LogP contribution in [-0.4, -0.2) is 26.8 Å². The Morgan fingerprint density at radius 3 is 2.47 bits per heavy atom. The van der Waals surface area contributed by atoms with E-state index >= 15 is 0 Å². The Morgan fingerprint density at radius 1 is 1.18 bits per heavy atom. The standard InChI is InChI=1S/C11H13Cl2NO2S/c12-8-1-2-10(13)11(7-8)17(15,16)9-3-5-14-6-4-9/h1-2,7,9,14H,3-6H2. The van der Waals surface area contributed by atoms with E-state index in [9.17, 15) is 8.42 Å². The summed E-state index contributed by atoms with van der Waals surface area (Å²) in [6.07, 6.45) is 1.23. The zero-order valence-electron chi connectivity index (χ0n) is 9.12. The van der Waals surface area contributed by atoms with E-state index in [-0.39, 0.29) is 15.2 Å². The molecule has 1 aromatic carbocycles. The van der Waals surface area contributed by atoms with E-state index in [1.165, 1.54) is 12.1 Å². The van der Waals surface area contributed by atoms with Crippen LogP contribution in [0.3, 0.4) is 0 Å². The average Bonchev–Trinajstić information content (AvgIpc) is 2.33. The van der Waals surface area contributed by atoms with Gasteiger partial charge in [-0.1, -0.05) is 23.2 Å². The molecule has 0 aliphatic carbocycles. The van der Waals surface area contributed by atoms with Gasteiger partial charge in [-0.15, -0.1) is 0 Å². The fraction of sp³-hybridized carbons (Fsp3) is 0.455. The van der Waals surface area contributed by atoms with Crippen molar-refractivity contribution in [1.82, 2.24) is 5.32 Å². The van der Waals surface area contributed by atoms with Crippen molar-refractivity contribution in [1.29, 1.82) is 0 Å². The number of hydrogen-bond donors (Lipinski definition) is 1. The van der Waals surface area contributed by atoms with E-state index in [0.29, 0.717) is 17.9 Å². The van der Waals surface area contributed by atoms with Crippen molar-refractivity contribution >= 4 is 33.0 Å². The zero-order valence-corrected chi connectivity index (χ0v) is 11.4. The molecule has 0 saturated carbocycles. The van der Waals surface area contributed by atoms with Crippen molar-refractivity contribution in [3.8, 4) is 0 Å². The summed E-state index contributed by atoms with van der Waals surface area (Å²) in [6, 6.07) is 4.55. The fourth-order valence-electron chi connectivity index (χ4n) is 1.98. The summed E-state index contributed by atoms with van der Waals surface area (Å²) in [5, 5.41) is 3.41. The summed E-state index contributed by atoms with van der Waals surface area (Å²) in [5.41, 5.74) is 0. The van der Waals surface area contributed by atoms with Gasteiger partial charge in [-0.25, -0.2) is 8.42 Å². The van der Waals surface area contributed by atoms with Gasteiger partial charge in [-0.2, -0.15) is 0 Å². The van der Waals surface area contributed by atoms with E-state index in [0.717, 1.165) is 13.1 Å². The fourth-order valence-corrected chi connectivity index (χ4v) is 4.50. The highest BCUT2D eigenvalue weighted by molar-refractivity contribution is 7.92. The van der Waals surface area contributed by atoms with Crippen molar-refractivity contribution in [2.75, 3.05) is 13.1 Å². The molecule has 94 valence electrons. The predicted molar refractivity (Wildman–Crippen MR) is 69.5 cm³/mol. The minimum absolute atomic E-state index is 0.151. The lowest BCUT2D eigenvalue weighted by molar-refractivity contribution is 0.496. The van der Waals surface area contributed by atoms with Crippen molar-refractivity contribution in [3.63, 3.8) is 0 Å². The molecule has 1 aromatic rings. The Morgan fingerprint density at radius 2 is 1.82 bits per heavy atom. The van der Waals surface area contributed by atoms with Crippen molar-refractivity contribution < 1.29 is 8.42 Å². The Balaban J connectivity index is 2.40. The highest BCUT2D eigenvalue weighted by atomic mass is 35.5. The maximum Gasteiger partial charge on any atom is 0.182 e. The molecule has 0 bridgehead atoms. The lowest BCUT2D eigenvalue weighted by atomic mass is 10.2. The van der Waals surface area contributed by atoms with Crippen LogP contribution in [0.1, 0.15) is 12.8 Å². The number of piperidine rings is 1. The van der Waals surface area contributed by atoms with Crippen LogP contribution in [0, 0.1) is 0 Å². The second kappa shape index (κ2) is 5.14. The molecule has 0 spiro atoms. The normalized spacial score (nSPS) is 18.2. The Labute approximate surface area is 111 Å². The maximum absolute atomic E-state index is 12.4. The Bertz CT molecular complexity index is 510. The summed E-state index contributed by atoms with van der Waals surface area (Å²) in [5.74, 6) is 0. The minimum Gasteiger partial charge on any atom is -0.317 e. The molecular formula is C11H13Cl2NO2S. The second-order valence-electron chi connectivity index (χ2n) is 4.07. The highest BCUT2D eigenvalue weighted by Crippen LogP contribution is 2.30. The number of hydrogen-bond acceptors (Lipinski definition) is 3. The van der Waals surface area contributed by atoms with Gasteiger partial charge in [0.2, 0.25) is 0 Å². The SMILES string of the molecule is O=S(=O)(c1cc(Cl)ccc1Cl)C1CCNCC1. The average molecular weight is 294 g/mol. The van der Waals surface area contributed by atoms with Crippen LogP contribution in [0.15, 0.2) is 23.1 Å². The third-order valence-electron chi connectivity index (χ3n) is 2.92. The molecule has 1 aliphatic heterocycles. The summed E-state index contributed by atoms with van der Waals surface area (Å²) < 4.78 is 24.8. The molecule has 0 radical (unpaired) electrons. The van der Waals surface area contributed by atoms with E-state index in [1.54, 1.807) is 6.07 Å². The summed E-state index contributed by atoms with van der Waals surface area (Å²) in [6.45, 7) is 1.45. The summed E-state index contributed by atoms with van der Waals surface area (Å²) >= 11 is 11.8. The summed E-state index contributed by atoms with van der Waals surface area (Å²) in [4.78, 5) is 0.151. The lowest BCUT2D eigenvalue weighted by Crippen LogP contribution is -2.35. The van der Waals surface area contributed by atoms with Crippen molar-refractivity contribution in [3.05, 3.63) is 28.2 Å². The van der Waals surface area contributed by atoms with E-state index in [2.05, 4.69) is 5.32 Å². The third kappa shape index (κ3) is 2.76. The van der Waals surface area contributed by atoms with Crippen LogP contribution in [0.2, 0.25) is 10.0 Å². The van der Waals surface area contributed by atoms with Gasteiger partial charge in [0.1, 0.15) is 0 Å². The van der Waals surface area contributed by atoms with Crippen molar-refractivity contribution in [2.24, 2.45) is 0 Å². The molecule has 1 aliphatic rings. The molecule has 0 unspecified atom stereocenters. The number of sulfone groups is 1. The maximum atomic E-state index is 12.4. The Kier molecular flexibility index (Phi) is 3.98. The van der Waals surface area contributed by atoms with E-state index < -0.39 is 9.84 Å². The van der Waals surface area contributed by atoms with Gasteiger partial charge >= 0.3 is 0 Å². The first kappa shape index (κ1) is 13.1. The monoisotopic (exact) mass is 293 g/mol. The predicted octanol–water partition coefficient (Wildman–Crippen LogP) is 2.52. The molecular weight excluding hydrogens is 281 g/mol. The molecule has 2 rings (SSSR count). The second-order valence-corrected chi connectivity index (χ2v) is 7.11. The molecule has 1 N–H and O–H groups in total. The first-order chi connectivity index (χ1) is 8.01. The van der Waals surface area contributed by atoms with Gasteiger partial charge in [0.05, 0.1) is 15.2 Å². The number of benzene rings is 1. The third-order valence-corrected chi connectivity index (χ3v) is 5.90. The molecule has 3 nitrogen and oxygen atoms in total. The highest BCUT2D eigenvalue weighted by Gasteiger charge is 2.30. The molecule has 0 aromatic heterocycles. The van der Waals surface area contributed by atoms with Gasteiger partial charge in [-0.3, -0.25) is 0 Å². The summed E-state index contributed by atoms with van der Waals surface area (Å²) in [7, 11) is -3.37. The number of rotatable bonds is 2. The zero-order chi connectivity index (χ0) is 12.5. The van der Waals surface area contributed by atoms with Crippen LogP contribution in [0.5, 0.6) is 0 Å². The van der Waals surface area contributed by atoms with E-state index in [4.69, 9.17) is 23.2 Å². The van der Waals surface area contributed by atoms with Crippen molar-refractivity contribution in [2.45, 2.75) is 23.0 Å².